The van der Waals surface area contributed by atoms with Gasteiger partial charge in [-0.25, -0.2) is 0 Å². The largest absolute Gasteiger partial charge is 0.494 e. The third kappa shape index (κ3) is 17.4. The smallest absolute Gasteiger partial charge is 0.306 e. The van der Waals surface area contributed by atoms with Crippen molar-refractivity contribution in [2.24, 2.45) is 0 Å². The Morgan fingerprint density at radius 2 is 1.30 bits per heavy atom. The number of hydrogen-bond acceptors (Lipinski definition) is 3. The number of esters is 1. The first-order chi connectivity index (χ1) is 19.5. The van der Waals surface area contributed by atoms with E-state index >= 15 is 0 Å². The summed E-state index contributed by atoms with van der Waals surface area (Å²) in [7, 11) is 4.43. The zero-order valence-electron chi connectivity index (χ0n) is 26.0. The molecular formula is C36H58NO3+. The minimum Gasteiger partial charge on any atom is -0.494 e. The van der Waals surface area contributed by atoms with Crippen LogP contribution in [0.1, 0.15) is 114 Å². The van der Waals surface area contributed by atoms with Gasteiger partial charge in [-0.05, 0) is 43.4 Å². The molecule has 0 N–H and O–H groups in total. The van der Waals surface area contributed by atoms with E-state index in [0.717, 1.165) is 49.0 Å². The van der Waals surface area contributed by atoms with Crippen LogP contribution in [0.25, 0.3) is 0 Å². The van der Waals surface area contributed by atoms with Crippen LogP contribution in [0.3, 0.4) is 0 Å². The molecule has 40 heavy (non-hydrogen) atoms. The van der Waals surface area contributed by atoms with Crippen LogP contribution in [0.5, 0.6) is 5.75 Å². The van der Waals surface area contributed by atoms with E-state index in [1.165, 1.54) is 81.8 Å². The van der Waals surface area contributed by atoms with Gasteiger partial charge >= 0.3 is 5.97 Å². The van der Waals surface area contributed by atoms with E-state index in [1.54, 1.807) is 0 Å². The summed E-state index contributed by atoms with van der Waals surface area (Å²) in [4.78, 5) is 12.1. The van der Waals surface area contributed by atoms with Gasteiger partial charge in [-0.15, -0.1) is 0 Å². The minimum atomic E-state index is -0.0873. The molecule has 0 amide bonds. The first kappa shape index (κ1) is 33.9. The first-order valence-electron chi connectivity index (χ1n) is 16.2. The molecule has 224 valence electrons. The quantitative estimate of drug-likeness (QED) is 0.0739. The molecule has 0 aromatic heterocycles. The second kappa shape index (κ2) is 21.4. The van der Waals surface area contributed by atoms with Gasteiger partial charge in [0.05, 0.1) is 40.3 Å². The summed E-state index contributed by atoms with van der Waals surface area (Å²) < 4.78 is 12.3. The number of aryl methyl sites for hydroxylation is 1. The molecule has 0 bridgehead atoms. The van der Waals surface area contributed by atoms with Gasteiger partial charge in [-0.1, -0.05) is 114 Å². The molecule has 0 aliphatic rings. The van der Waals surface area contributed by atoms with Gasteiger partial charge in [0.15, 0.2) is 0 Å². The normalized spacial score (nSPS) is 11.5. The van der Waals surface area contributed by atoms with Crippen LogP contribution in [0.4, 0.5) is 0 Å². The van der Waals surface area contributed by atoms with Crippen molar-refractivity contribution >= 4 is 5.97 Å². The van der Waals surface area contributed by atoms with Crippen LogP contribution < -0.4 is 4.74 Å². The maximum atomic E-state index is 12.1. The van der Waals surface area contributed by atoms with Gasteiger partial charge in [0.1, 0.15) is 12.3 Å². The lowest BCUT2D eigenvalue weighted by molar-refractivity contribution is -0.903. The van der Waals surface area contributed by atoms with Gasteiger partial charge in [0.25, 0.3) is 0 Å². The average molecular weight is 553 g/mol. The summed E-state index contributed by atoms with van der Waals surface area (Å²) >= 11 is 0. The van der Waals surface area contributed by atoms with Gasteiger partial charge in [-0.3, -0.25) is 4.79 Å². The Morgan fingerprint density at radius 3 is 2.00 bits per heavy atom. The molecule has 0 radical (unpaired) electrons. The number of unbranched alkanes of at least 4 members (excludes halogenated alkanes) is 11. The summed E-state index contributed by atoms with van der Waals surface area (Å²) in [5, 5.41) is 0. The highest BCUT2D eigenvalue weighted by Crippen LogP contribution is 2.17. The van der Waals surface area contributed by atoms with Crippen molar-refractivity contribution < 1.29 is 18.8 Å². The van der Waals surface area contributed by atoms with E-state index in [4.69, 9.17) is 9.47 Å². The van der Waals surface area contributed by atoms with Crippen molar-refractivity contribution in [3.63, 3.8) is 0 Å². The molecule has 2 aromatic carbocycles. The van der Waals surface area contributed by atoms with Gasteiger partial charge in [0.2, 0.25) is 0 Å². The molecule has 0 fully saturated rings. The molecule has 4 heteroatoms. The van der Waals surface area contributed by atoms with E-state index < -0.39 is 0 Å². The topological polar surface area (TPSA) is 35.5 Å². The molecule has 0 saturated carbocycles. The predicted molar refractivity (Wildman–Crippen MR) is 169 cm³/mol. The molecule has 0 atom stereocenters. The van der Waals surface area contributed by atoms with Gasteiger partial charge < -0.3 is 14.0 Å². The Labute approximate surface area is 246 Å². The van der Waals surface area contributed by atoms with E-state index in [9.17, 15) is 4.79 Å². The second-order valence-electron chi connectivity index (χ2n) is 12.1. The summed E-state index contributed by atoms with van der Waals surface area (Å²) in [6.07, 6.45) is 19.3. The van der Waals surface area contributed by atoms with E-state index in [0.29, 0.717) is 19.6 Å². The monoisotopic (exact) mass is 552 g/mol. The van der Waals surface area contributed by atoms with Crippen LogP contribution in [0.15, 0.2) is 54.6 Å². The lowest BCUT2D eigenvalue weighted by Gasteiger charge is -2.29. The SMILES string of the molecule is CCCCCCCCCCCCCc1cccc(OCCCCOC(=O)CCC[N+](C)(C)Cc2ccccc2)c1. The number of hydrogen-bond donors (Lipinski definition) is 0. The molecule has 0 unspecified atom stereocenters. The summed E-state index contributed by atoms with van der Waals surface area (Å²) in [5.74, 6) is 0.865. The fourth-order valence-corrected chi connectivity index (χ4v) is 5.24. The molecule has 2 aromatic rings. The summed E-state index contributed by atoms with van der Waals surface area (Å²) in [6.45, 7) is 5.34. The number of ether oxygens (including phenoxy) is 2. The Balaban J connectivity index is 1.45. The maximum absolute atomic E-state index is 12.1. The maximum Gasteiger partial charge on any atom is 0.306 e. The number of quaternary nitrogens is 1. The van der Waals surface area contributed by atoms with Crippen molar-refractivity contribution in [3.8, 4) is 5.75 Å². The third-order valence-corrected chi connectivity index (χ3v) is 7.64. The van der Waals surface area contributed by atoms with Crippen LogP contribution >= 0.6 is 0 Å². The van der Waals surface area contributed by atoms with E-state index in [-0.39, 0.29) is 5.97 Å². The fraction of sp³-hybridized carbons (Fsp3) is 0.639. The Hall–Kier alpha value is -2.33. The van der Waals surface area contributed by atoms with Crippen LogP contribution in [0.2, 0.25) is 0 Å². The number of rotatable bonds is 24. The third-order valence-electron chi connectivity index (χ3n) is 7.64. The van der Waals surface area contributed by atoms with Crippen molar-refractivity contribution in [1.29, 1.82) is 0 Å². The van der Waals surface area contributed by atoms with E-state index in [1.807, 2.05) is 12.1 Å². The van der Waals surface area contributed by atoms with Crippen molar-refractivity contribution in [2.75, 3.05) is 33.9 Å². The first-order valence-corrected chi connectivity index (χ1v) is 16.2. The lowest BCUT2D eigenvalue weighted by atomic mass is 10.0. The molecule has 2 rings (SSSR count). The second-order valence-corrected chi connectivity index (χ2v) is 12.1. The lowest BCUT2D eigenvalue weighted by Crippen LogP contribution is -2.39. The zero-order chi connectivity index (χ0) is 28.7. The summed E-state index contributed by atoms with van der Waals surface area (Å²) in [6, 6.07) is 19.1. The zero-order valence-corrected chi connectivity index (χ0v) is 26.0. The highest BCUT2D eigenvalue weighted by atomic mass is 16.5. The van der Waals surface area contributed by atoms with Crippen molar-refractivity contribution in [1.82, 2.24) is 0 Å². The van der Waals surface area contributed by atoms with Crippen molar-refractivity contribution in [2.45, 2.75) is 116 Å². The predicted octanol–water partition coefficient (Wildman–Crippen LogP) is 9.30. The van der Waals surface area contributed by atoms with Crippen LogP contribution in [-0.2, 0) is 22.5 Å². The molecule has 0 heterocycles. The Kier molecular flexibility index (Phi) is 18.1. The van der Waals surface area contributed by atoms with Gasteiger partial charge in [0, 0.05) is 12.0 Å². The number of benzene rings is 2. The molecule has 0 aliphatic carbocycles. The fourth-order valence-electron chi connectivity index (χ4n) is 5.24. The minimum absolute atomic E-state index is 0.0873. The van der Waals surface area contributed by atoms with Crippen LogP contribution in [0, 0.1) is 0 Å². The molecule has 0 aliphatic heterocycles. The summed E-state index contributed by atoms with van der Waals surface area (Å²) in [5.41, 5.74) is 2.70. The van der Waals surface area contributed by atoms with Gasteiger partial charge in [-0.2, -0.15) is 0 Å². The highest BCUT2D eigenvalue weighted by Gasteiger charge is 2.16. The molecule has 0 spiro atoms. The molecule has 0 saturated heterocycles. The average Bonchev–Trinajstić information content (AvgIpc) is 2.94. The molecular weight excluding hydrogens is 494 g/mol. The molecule has 4 nitrogen and oxygen atoms in total. The number of carbonyl (C=O) groups excluding carboxylic acids is 1. The number of nitrogens with zero attached hydrogens (tertiary/aromatic N) is 1. The van der Waals surface area contributed by atoms with Crippen LogP contribution in [-0.4, -0.2) is 44.3 Å². The Morgan fingerprint density at radius 1 is 0.675 bits per heavy atom. The Bertz CT molecular complexity index is 896. The number of carbonyl (C=O) groups is 1. The standard InChI is InChI=1S/C36H58NO3/c1-4-5-6-7-8-9-10-11-12-13-15-22-33-25-20-26-35(31-33)39-29-18-19-30-40-36(38)27-21-28-37(2,3)32-34-23-16-14-17-24-34/h14,16-17,20,23-26,31H,4-13,15,18-19,21-22,27-30,32H2,1-3H3/q+1. The van der Waals surface area contributed by atoms with Crippen molar-refractivity contribution in [3.05, 3.63) is 65.7 Å². The highest BCUT2D eigenvalue weighted by molar-refractivity contribution is 5.69. The van der Waals surface area contributed by atoms with E-state index in [2.05, 4.69) is 63.5 Å².